The molecule has 0 aliphatic rings. The van der Waals surface area contributed by atoms with Gasteiger partial charge in [0.1, 0.15) is 0 Å². The topological polar surface area (TPSA) is 0 Å². The molecule has 2 atom stereocenters. The molecule has 0 saturated heterocycles. The van der Waals surface area contributed by atoms with Crippen LogP contribution in [0.15, 0.2) is 24.3 Å². The molecule has 0 N–H and O–H groups in total. The normalized spacial score (nSPS) is 13.1. The van der Waals surface area contributed by atoms with Crippen LogP contribution in [0.2, 0.25) is 0 Å². The zero-order valence-corrected chi connectivity index (χ0v) is 26.9. The Balaban J connectivity index is 2.21. The van der Waals surface area contributed by atoms with Crippen molar-refractivity contribution in [1.82, 2.24) is 0 Å². The van der Waals surface area contributed by atoms with Gasteiger partial charge in [-0.2, -0.15) is 0 Å². The van der Waals surface area contributed by atoms with Crippen molar-refractivity contribution >= 4 is 27.8 Å². The lowest BCUT2D eigenvalue weighted by Gasteiger charge is -2.24. The Morgan fingerprint density at radius 3 is 0.886 bits per heavy atom. The first-order valence-corrected chi connectivity index (χ1v) is 16.6. The summed E-state index contributed by atoms with van der Waals surface area (Å²) >= 11 is 0. The molecule has 2 aromatic carbocycles. The van der Waals surface area contributed by atoms with Crippen LogP contribution in [-0.2, 0) is 0 Å². The molecule has 0 radical (unpaired) electrons. The molecule has 0 fully saturated rings. The monoisotopic (exact) mass is 512 g/mol. The van der Waals surface area contributed by atoms with Crippen LogP contribution in [0, 0.1) is 0 Å². The average molecular weight is 513 g/mol. The summed E-state index contributed by atoms with van der Waals surface area (Å²) < 4.78 is 0. The Morgan fingerprint density at radius 1 is 0.429 bits per heavy atom. The SMILES string of the molecule is CC(C)c1cc(C(C)C)c(PCCCPc2c(C(C)C)cc(C(C)C)cc2C(C)C)c(C(C)C)c1. The van der Waals surface area contributed by atoms with Gasteiger partial charge in [0.15, 0.2) is 0 Å². The van der Waals surface area contributed by atoms with Crippen molar-refractivity contribution in [2.24, 2.45) is 0 Å². The van der Waals surface area contributed by atoms with E-state index in [-0.39, 0.29) is 0 Å². The average Bonchev–Trinajstić information content (AvgIpc) is 2.77. The van der Waals surface area contributed by atoms with Crippen molar-refractivity contribution < 1.29 is 0 Å². The van der Waals surface area contributed by atoms with Gasteiger partial charge in [-0.1, -0.05) is 125 Å². The molecule has 35 heavy (non-hydrogen) atoms. The third kappa shape index (κ3) is 8.14. The Kier molecular flexibility index (Phi) is 12.0. The Morgan fingerprint density at radius 2 is 0.686 bits per heavy atom. The quantitative estimate of drug-likeness (QED) is 0.196. The van der Waals surface area contributed by atoms with Gasteiger partial charge in [-0.05, 0) is 98.2 Å². The summed E-state index contributed by atoms with van der Waals surface area (Å²) in [6, 6.07) is 10.1. The van der Waals surface area contributed by atoms with Gasteiger partial charge in [0.05, 0.1) is 0 Å². The van der Waals surface area contributed by atoms with E-state index in [2.05, 4.69) is 107 Å². The minimum absolute atomic E-state index is 0.593. The Bertz CT molecular complexity index is 812. The highest BCUT2D eigenvalue weighted by molar-refractivity contribution is 7.48. The smallest absolute Gasteiger partial charge is 0.0202 e. The zero-order chi connectivity index (χ0) is 26.4. The molecule has 0 nitrogen and oxygen atoms in total. The molecule has 2 rings (SSSR count). The molecular weight excluding hydrogens is 458 g/mol. The highest BCUT2D eigenvalue weighted by Gasteiger charge is 2.19. The van der Waals surface area contributed by atoms with Crippen LogP contribution in [0.25, 0.3) is 0 Å². The van der Waals surface area contributed by atoms with E-state index in [0.717, 1.165) is 17.2 Å². The predicted octanol–water partition coefficient (Wildman–Crippen LogP) is 10.1. The fourth-order valence-electron chi connectivity index (χ4n) is 4.84. The van der Waals surface area contributed by atoms with Gasteiger partial charge < -0.3 is 0 Å². The minimum atomic E-state index is 0.593. The van der Waals surface area contributed by atoms with Crippen LogP contribution < -0.4 is 10.6 Å². The predicted molar refractivity (Wildman–Crippen MR) is 168 cm³/mol. The maximum absolute atomic E-state index is 2.52. The van der Waals surface area contributed by atoms with Crippen molar-refractivity contribution in [2.45, 2.75) is 125 Å². The summed E-state index contributed by atoms with van der Waals surface area (Å²) in [4.78, 5) is 0. The van der Waals surface area contributed by atoms with Gasteiger partial charge in [0, 0.05) is 0 Å². The van der Waals surface area contributed by atoms with Crippen LogP contribution in [0.3, 0.4) is 0 Å². The van der Waals surface area contributed by atoms with E-state index >= 15 is 0 Å². The van der Waals surface area contributed by atoms with Crippen molar-refractivity contribution in [1.29, 1.82) is 0 Å². The Labute approximate surface area is 222 Å². The largest absolute Gasteiger partial charge is 0.0898 e. The third-order valence-corrected chi connectivity index (χ3v) is 10.3. The number of rotatable bonds is 12. The van der Waals surface area contributed by atoms with Crippen LogP contribution >= 0.6 is 17.2 Å². The van der Waals surface area contributed by atoms with Gasteiger partial charge in [0.25, 0.3) is 0 Å². The van der Waals surface area contributed by atoms with Crippen molar-refractivity contribution in [3.05, 3.63) is 57.6 Å². The Hall–Kier alpha value is -0.700. The van der Waals surface area contributed by atoms with E-state index in [4.69, 9.17) is 0 Å². The number of hydrogen-bond donors (Lipinski definition) is 0. The molecular formula is C33H54P2. The second-order valence-corrected chi connectivity index (χ2v) is 15.0. The molecule has 0 saturated carbocycles. The van der Waals surface area contributed by atoms with Gasteiger partial charge in [-0.15, -0.1) is 0 Å². The molecule has 0 bridgehead atoms. The van der Waals surface area contributed by atoms with E-state index in [0.29, 0.717) is 35.5 Å². The van der Waals surface area contributed by atoms with Crippen LogP contribution in [-0.4, -0.2) is 12.3 Å². The summed E-state index contributed by atoms with van der Waals surface area (Å²) in [5.41, 5.74) is 9.45. The van der Waals surface area contributed by atoms with E-state index in [1.165, 1.54) is 29.9 Å². The molecule has 0 heterocycles. The lowest BCUT2D eigenvalue weighted by molar-refractivity contribution is 0.813. The maximum atomic E-state index is 2.52. The zero-order valence-electron chi connectivity index (χ0n) is 24.9. The molecule has 0 aromatic heterocycles. The van der Waals surface area contributed by atoms with E-state index in [9.17, 15) is 0 Å². The number of benzene rings is 2. The van der Waals surface area contributed by atoms with Crippen LogP contribution in [0.4, 0.5) is 0 Å². The lowest BCUT2D eigenvalue weighted by atomic mass is 9.89. The molecule has 2 unspecified atom stereocenters. The fourth-order valence-corrected chi connectivity index (χ4v) is 8.66. The molecule has 2 heteroatoms. The molecule has 0 amide bonds. The summed E-state index contributed by atoms with van der Waals surface area (Å²) in [5.74, 6) is 3.57. The van der Waals surface area contributed by atoms with Gasteiger partial charge >= 0.3 is 0 Å². The highest BCUT2D eigenvalue weighted by Crippen LogP contribution is 2.33. The standard InChI is InChI=1S/C33H54P2/c1-20(2)26-16-28(22(5)6)32(29(17-26)23(7)8)34-14-13-15-35-33-30(24(9)10)18-27(21(3)4)19-31(33)25(11)12/h16-25,34-35H,13-15H2,1-12H3. The van der Waals surface area contributed by atoms with Gasteiger partial charge in [-0.25, -0.2) is 0 Å². The lowest BCUT2D eigenvalue weighted by Crippen LogP contribution is -2.17. The van der Waals surface area contributed by atoms with Crippen LogP contribution in [0.5, 0.6) is 0 Å². The third-order valence-electron chi connectivity index (χ3n) is 7.22. The highest BCUT2D eigenvalue weighted by atomic mass is 31.1. The maximum Gasteiger partial charge on any atom is -0.0202 e. The van der Waals surface area contributed by atoms with Crippen molar-refractivity contribution in [3.63, 3.8) is 0 Å². The summed E-state index contributed by atoms with van der Waals surface area (Å²) in [5, 5.41) is 3.35. The molecule has 2 aromatic rings. The van der Waals surface area contributed by atoms with E-state index in [1.807, 2.05) is 0 Å². The molecule has 0 spiro atoms. The fraction of sp³-hybridized carbons (Fsp3) is 0.636. The summed E-state index contributed by atoms with van der Waals surface area (Å²) in [6.07, 6.45) is 3.98. The van der Waals surface area contributed by atoms with Crippen molar-refractivity contribution in [2.75, 3.05) is 12.3 Å². The number of hydrogen-bond acceptors (Lipinski definition) is 0. The summed E-state index contributed by atoms with van der Waals surface area (Å²) in [7, 11) is 1.86. The summed E-state index contributed by atoms with van der Waals surface area (Å²) in [6.45, 7) is 28.3. The molecule has 0 aliphatic carbocycles. The first-order chi connectivity index (χ1) is 16.3. The minimum Gasteiger partial charge on any atom is -0.0898 e. The van der Waals surface area contributed by atoms with Gasteiger partial charge in [0.2, 0.25) is 0 Å². The second kappa shape index (κ2) is 13.7. The molecule has 196 valence electrons. The second-order valence-electron chi connectivity index (χ2n) is 12.3. The van der Waals surface area contributed by atoms with Crippen molar-refractivity contribution in [3.8, 4) is 0 Å². The molecule has 0 aliphatic heterocycles. The first kappa shape index (κ1) is 30.5. The van der Waals surface area contributed by atoms with Gasteiger partial charge in [-0.3, -0.25) is 0 Å². The van der Waals surface area contributed by atoms with Crippen LogP contribution in [0.1, 0.15) is 158 Å². The van der Waals surface area contributed by atoms with E-state index < -0.39 is 0 Å². The van der Waals surface area contributed by atoms with E-state index in [1.54, 1.807) is 32.9 Å². The first-order valence-electron chi connectivity index (χ1n) is 14.2.